The van der Waals surface area contributed by atoms with E-state index in [0.717, 1.165) is 27.3 Å². The Hall–Kier alpha value is -2.43. The number of rotatable bonds is 3. The van der Waals surface area contributed by atoms with Gasteiger partial charge in [-0.05, 0) is 54.6 Å². The van der Waals surface area contributed by atoms with Gasteiger partial charge in [-0.2, -0.15) is 0 Å². The fourth-order valence-electron chi connectivity index (χ4n) is 2.74. The fraction of sp³-hybridized carbons (Fsp3) is 0.100. The van der Waals surface area contributed by atoms with Crippen LogP contribution in [-0.2, 0) is 0 Å². The molecule has 0 aliphatic heterocycles. The van der Waals surface area contributed by atoms with Gasteiger partial charge in [-0.15, -0.1) is 11.3 Å². The van der Waals surface area contributed by atoms with Crippen molar-refractivity contribution in [2.45, 2.75) is 13.8 Å². The molecule has 2 aromatic carbocycles. The number of nitrogens with one attached hydrogen (secondary N) is 1. The second-order valence-electron chi connectivity index (χ2n) is 5.88. The number of para-hydroxylation sites is 1. The first kappa shape index (κ1) is 16.1. The number of aryl methyl sites for hydroxylation is 1. The Kier molecular flexibility index (Phi) is 4.15. The van der Waals surface area contributed by atoms with Gasteiger partial charge in [-0.3, -0.25) is 0 Å². The van der Waals surface area contributed by atoms with Crippen molar-refractivity contribution in [3.05, 3.63) is 70.1 Å². The lowest BCUT2D eigenvalue weighted by Gasteiger charge is -2.13. The predicted molar refractivity (Wildman–Crippen MR) is 107 cm³/mol. The molecular weight excluding hydrogens is 350 g/mol. The van der Waals surface area contributed by atoms with Crippen LogP contribution in [0, 0.1) is 13.8 Å². The molecule has 4 rings (SSSR count). The lowest BCUT2D eigenvalue weighted by molar-refractivity contribution is 1.23. The molecule has 0 spiro atoms. The molecule has 0 aliphatic carbocycles. The van der Waals surface area contributed by atoms with Crippen molar-refractivity contribution >= 4 is 45.3 Å². The van der Waals surface area contributed by atoms with Gasteiger partial charge < -0.3 is 5.32 Å². The third-order valence-electron chi connectivity index (χ3n) is 4.28. The summed E-state index contributed by atoms with van der Waals surface area (Å²) in [4.78, 5) is 10.4. The number of fused-ring (bicyclic) bond motifs is 1. The van der Waals surface area contributed by atoms with E-state index in [4.69, 9.17) is 21.6 Å². The van der Waals surface area contributed by atoms with Gasteiger partial charge in [0.1, 0.15) is 5.82 Å². The standard InChI is InChI=1S/C20H16ClN3S/c1-12-6-5-9-16(13(12)2)22-19-14-7-3-4-8-17(14)23-20(24-19)18-15(21)10-11-25-18/h3-11H,1-2H3,(H,22,23,24). The topological polar surface area (TPSA) is 37.8 Å². The predicted octanol–water partition coefficient (Wildman–Crippen LogP) is 6.37. The highest BCUT2D eigenvalue weighted by Gasteiger charge is 2.13. The molecule has 0 saturated heterocycles. The minimum absolute atomic E-state index is 0.645. The van der Waals surface area contributed by atoms with Crippen molar-refractivity contribution in [2.24, 2.45) is 0 Å². The first-order valence-electron chi connectivity index (χ1n) is 7.97. The van der Waals surface area contributed by atoms with Crippen LogP contribution in [0.15, 0.2) is 53.9 Å². The second-order valence-corrected chi connectivity index (χ2v) is 7.21. The number of anilines is 2. The van der Waals surface area contributed by atoms with E-state index in [-0.39, 0.29) is 0 Å². The minimum atomic E-state index is 0.645. The zero-order valence-corrected chi connectivity index (χ0v) is 15.4. The number of aromatic nitrogens is 2. The summed E-state index contributed by atoms with van der Waals surface area (Å²) in [6.45, 7) is 4.22. The van der Waals surface area contributed by atoms with Crippen LogP contribution >= 0.6 is 22.9 Å². The van der Waals surface area contributed by atoms with Crippen molar-refractivity contribution < 1.29 is 0 Å². The summed E-state index contributed by atoms with van der Waals surface area (Å²) in [5.74, 6) is 1.44. The third kappa shape index (κ3) is 2.99. The number of nitrogens with zero attached hydrogens (tertiary/aromatic N) is 2. The molecule has 0 bridgehead atoms. The first-order valence-corrected chi connectivity index (χ1v) is 9.22. The zero-order valence-electron chi connectivity index (χ0n) is 13.9. The van der Waals surface area contributed by atoms with E-state index in [2.05, 4.69) is 31.3 Å². The fourth-order valence-corrected chi connectivity index (χ4v) is 3.81. The molecule has 0 saturated carbocycles. The maximum atomic E-state index is 6.29. The van der Waals surface area contributed by atoms with E-state index >= 15 is 0 Å². The summed E-state index contributed by atoms with van der Waals surface area (Å²) in [6, 6.07) is 16.1. The number of hydrogen-bond acceptors (Lipinski definition) is 4. The summed E-state index contributed by atoms with van der Waals surface area (Å²) in [5, 5.41) is 7.11. The van der Waals surface area contributed by atoms with Crippen molar-refractivity contribution in [3.8, 4) is 10.7 Å². The average Bonchev–Trinajstić information content (AvgIpc) is 3.05. The smallest absolute Gasteiger partial charge is 0.173 e. The highest BCUT2D eigenvalue weighted by molar-refractivity contribution is 7.14. The van der Waals surface area contributed by atoms with Crippen molar-refractivity contribution in [1.82, 2.24) is 9.97 Å². The van der Waals surface area contributed by atoms with Crippen LogP contribution in [0.25, 0.3) is 21.6 Å². The number of hydrogen-bond donors (Lipinski definition) is 1. The second kappa shape index (κ2) is 6.47. The summed E-state index contributed by atoms with van der Waals surface area (Å²) < 4.78 is 0. The summed E-state index contributed by atoms with van der Waals surface area (Å²) in [6.07, 6.45) is 0. The Bertz CT molecular complexity index is 1070. The number of benzene rings is 2. The Labute approximate surface area is 155 Å². The van der Waals surface area contributed by atoms with Gasteiger partial charge in [-0.1, -0.05) is 35.9 Å². The highest BCUT2D eigenvalue weighted by atomic mass is 35.5. The average molecular weight is 366 g/mol. The maximum Gasteiger partial charge on any atom is 0.173 e. The number of thiophene rings is 1. The molecule has 0 fully saturated rings. The Morgan fingerprint density at radius 2 is 1.80 bits per heavy atom. The van der Waals surface area contributed by atoms with Crippen LogP contribution < -0.4 is 5.32 Å². The lowest BCUT2D eigenvalue weighted by Crippen LogP contribution is -2.00. The molecule has 4 aromatic rings. The molecule has 2 aromatic heterocycles. The van der Waals surface area contributed by atoms with E-state index in [1.54, 1.807) is 11.3 Å². The molecule has 5 heteroatoms. The van der Waals surface area contributed by atoms with Crippen LogP contribution in [0.3, 0.4) is 0 Å². The molecule has 0 aliphatic rings. The molecule has 124 valence electrons. The molecule has 0 amide bonds. The summed E-state index contributed by atoms with van der Waals surface area (Å²) in [7, 11) is 0. The van der Waals surface area contributed by atoms with E-state index < -0.39 is 0 Å². The van der Waals surface area contributed by atoms with Gasteiger partial charge in [0.25, 0.3) is 0 Å². The van der Waals surface area contributed by atoms with Crippen LogP contribution in [-0.4, -0.2) is 9.97 Å². The maximum absolute atomic E-state index is 6.29. The van der Waals surface area contributed by atoms with Crippen LogP contribution in [0.2, 0.25) is 5.02 Å². The zero-order chi connectivity index (χ0) is 17.4. The van der Waals surface area contributed by atoms with Gasteiger partial charge in [0, 0.05) is 11.1 Å². The molecule has 1 N–H and O–H groups in total. The van der Waals surface area contributed by atoms with Gasteiger partial charge in [0.2, 0.25) is 0 Å². The normalized spacial score (nSPS) is 11.0. The van der Waals surface area contributed by atoms with Gasteiger partial charge in [-0.25, -0.2) is 9.97 Å². The molecule has 3 nitrogen and oxygen atoms in total. The van der Waals surface area contributed by atoms with Crippen LogP contribution in [0.4, 0.5) is 11.5 Å². The van der Waals surface area contributed by atoms with Gasteiger partial charge in [0.15, 0.2) is 5.82 Å². The van der Waals surface area contributed by atoms with Crippen molar-refractivity contribution in [2.75, 3.05) is 5.32 Å². The van der Waals surface area contributed by atoms with Crippen LogP contribution in [0.5, 0.6) is 0 Å². The highest BCUT2D eigenvalue weighted by Crippen LogP contribution is 2.34. The van der Waals surface area contributed by atoms with Gasteiger partial charge in [0.05, 0.1) is 15.4 Å². The molecular formula is C20H16ClN3S. The molecule has 0 radical (unpaired) electrons. The Morgan fingerprint density at radius 1 is 0.960 bits per heavy atom. The molecule has 25 heavy (non-hydrogen) atoms. The summed E-state index contributed by atoms with van der Waals surface area (Å²) in [5.41, 5.74) is 4.39. The molecule has 0 atom stereocenters. The minimum Gasteiger partial charge on any atom is -0.339 e. The largest absolute Gasteiger partial charge is 0.339 e. The monoisotopic (exact) mass is 365 g/mol. The Balaban J connectivity index is 1.90. The lowest BCUT2D eigenvalue weighted by atomic mass is 10.1. The van der Waals surface area contributed by atoms with E-state index in [1.165, 1.54) is 11.1 Å². The SMILES string of the molecule is Cc1cccc(Nc2nc(-c3sccc3Cl)nc3ccccc23)c1C. The molecule has 2 heterocycles. The van der Waals surface area contributed by atoms with E-state index in [0.29, 0.717) is 10.8 Å². The van der Waals surface area contributed by atoms with Crippen molar-refractivity contribution in [3.63, 3.8) is 0 Å². The number of halogens is 1. The third-order valence-corrected chi connectivity index (χ3v) is 5.62. The molecule has 0 unspecified atom stereocenters. The van der Waals surface area contributed by atoms with E-state index in [9.17, 15) is 0 Å². The van der Waals surface area contributed by atoms with Crippen LogP contribution in [0.1, 0.15) is 11.1 Å². The first-order chi connectivity index (χ1) is 12.1. The van der Waals surface area contributed by atoms with Gasteiger partial charge >= 0.3 is 0 Å². The quantitative estimate of drug-likeness (QED) is 0.458. The van der Waals surface area contributed by atoms with E-state index in [1.807, 2.05) is 41.8 Å². The van der Waals surface area contributed by atoms with Crippen molar-refractivity contribution in [1.29, 1.82) is 0 Å². The Morgan fingerprint density at radius 3 is 2.60 bits per heavy atom. The summed E-state index contributed by atoms with van der Waals surface area (Å²) >= 11 is 7.84.